The molecule has 0 aliphatic carbocycles. The third-order valence-corrected chi connectivity index (χ3v) is 4.18. The van der Waals surface area contributed by atoms with Crippen molar-refractivity contribution in [2.75, 3.05) is 21.3 Å². The Morgan fingerprint density at radius 2 is 1.63 bits per heavy atom. The summed E-state index contributed by atoms with van der Waals surface area (Å²) in [6, 6.07) is 8.70. The monoisotopic (exact) mass is 418 g/mol. The second-order valence-corrected chi connectivity index (χ2v) is 6.10. The quantitative estimate of drug-likeness (QED) is 0.374. The van der Waals surface area contributed by atoms with Crippen LogP contribution >= 0.6 is 0 Å². The molecule has 0 aromatic heterocycles. The summed E-state index contributed by atoms with van der Waals surface area (Å²) >= 11 is 0. The molecule has 1 N–H and O–H groups in total. The predicted molar refractivity (Wildman–Crippen MR) is 106 cm³/mol. The molecule has 0 radical (unpaired) electrons. The molecule has 1 amide bonds. The summed E-state index contributed by atoms with van der Waals surface area (Å²) in [6.45, 7) is 1.56. The summed E-state index contributed by atoms with van der Waals surface area (Å²) in [6.07, 6.45) is -1.14. The molecular formula is C20H22N2O8. The van der Waals surface area contributed by atoms with Crippen LogP contribution in [-0.4, -0.2) is 44.2 Å². The fraction of sp³-hybridized carbons (Fsp3) is 0.300. The molecule has 30 heavy (non-hydrogen) atoms. The lowest BCUT2D eigenvalue weighted by Gasteiger charge is -2.15. The van der Waals surface area contributed by atoms with Gasteiger partial charge in [-0.2, -0.15) is 0 Å². The van der Waals surface area contributed by atoms with E-state index in [0.717, 1.165) is 11.6 Å². The third kappa shape index (κ3) is 5.37. The molecule has 1 atom stereocenters. The van der Waals surface area contributed by atoms with Crippen LogP contribution in [0.4, 0.5) is 5.69 Å². The molecule has 2 aromatic carbocycles. The molecule has 0 heterocycles. The molecule has 0 bridgehead atoms. The predicted octanol–water partition coefficient (Wildman–Crippen LogP) is 2.48. The number of hydrogen-bond donors (Lipinski definition) is 1. The van der Waals surface area contributed by atoms with Gasteiger partial charge in [0.25, 0.3) is 11.6 Å². The number of non-ortho nitro benzene ring substituents is 1. The fourth-order valence-electron chi connectivity index (χ4n) is 2.57. The van der Waals surface area contributed by atoms with E-state index in [1.54, 1.807) is 18.2 Å². The van der Waals surface area contributed by atoms with Crippen LogP contribution < -0.4 is 19.5 Å². The minimum atomic E-state index is -1.14. The molecule has 0 spiro atoms. The topological polar surface area (TPSA) is 126 Å². The summed E-state index contributed by atoms with van der Waals surface area (Å²) in [5.41, 5.74) is 0.305. The molecule has 0 saturated carbocycles. The highest BCUT2D eigenvalue weighted by Crippen LogP contribution is 2.27. The van der Waals surface area contributed by atoms with Crippen molar-refractivity contribution in [1.82, 2.24) is 5.32 Å². The molecule has 1 unspecified atom stereocenters. The lowest BCUT2D eigenvalue weighted by atomic mass is 10.1. The number of ether oxygens (including phenoxy) is 4. The van der Waals surface area contributed by atoms with E-state index in [0.29, 0.717) is 11.5 Å². The van der Waals surface area contributed by atoms with E-state index in [4.69, 9.17) is 18.9 Å². The molecule has 0 aliphatic rings. The molecule has 2 aromatic rings. The van der Waals surface area contributed by atoms with Crippen LogP contribution in [-0.2, 0) is 16.1 Å². The molecule has 2 rings (SSSR count). The number of nitro benzene ring substituents is 1. The van der Waals surface area contributed by atoms with Gasteiger partial charge in [0.05, 0.1) is 26.3 Å². The van der Waals surface area contributed by atoms with Crippen molar-refractivity contribution in [2.24, 2.45) is 0 Å². The highest BCUT2D eigenvalue weighted by molar-refractivity contribution is 5.95. The fourth-order valence-corrected chi connectivity index (χ4v) is 2.57. The minimum Gasteiger partial charge on any atom is -0.496 e. The van der Waals surface area contributed by atoms with Gasteiger partial charge in [0.2, 0.25) is 0 Å². The van der Waals surface area contributed by atoms with Crippen molar-refractivity contribution in [3.05, 3.63) is 57.6 Å². The van der Waals surface area contributed by atoms with Gasteiger partial charge in [-0.05, 0) is 30.7 Å². The van der Waals surface area contributed by atoms with Crippen molar-refractivity contribution >= 4 is 17.6 Å². The van der Waals surface area contributed by atoms with Crippen molar-refractivity contribution in [3.8, 4) is 17.2 Å². The SMILES string of the molecule is COc1ccc(CNC(=O)C(C)OC(=O)c2cc([N+](=O)[O-])ccc2OC)cc1OC. The van der Waals surface area contributed by atoms with Crippen molar-refractivity contribution in [3.63, 3.8) is 0 Å². The van der Waals surface area contributed by atoms with E-state index in [9.17, 15) is 19.7 Å². The maximum atomic E-state index is 12.4. The number of amides is 1. The average Bonchev–Trinajstić information content (AvgIpc) is 2.76. The number of nitrogens with one attached hydrogen (secondary N) is 1. The Morgan fingerprint density at radius 1 is 1.00 bits per heavy atom. The van der Waals surface area contributed by atoms with E-state index in [1.807, 2.05) is 0 Å². The van der Waals surface area contributed by atoms with Gasteiger partial charge >= 0.3 is 5.97 Å². The molecule has 0 fully saturated rings. The highest BCUT2D eigenvalue weighted by Gasteiger charge is 2.23. The van der Waals surface area contributed by atoms with Gasteiger partial charge in [0.15, 0.2) is 17.6 Å². The summed E-state index contributed by atoms with van der Waals surface area (Å²) in [4.78, 5) is 35.0. The van der Waals surface area contributed by atoms with Gasteiger partial charge in [-0.3, -0.25) is 14.9 Å². The van der Waals surface area contributed by atoms with E-state index in [-0.39, 0.29) is 23.5 Å². The second kappa shape index (κ2) is 10.1. The van der Waals surface area contributed by atoms with Crippen LogP contribution in [0, 0.1) is 10.1 Å². The summed E-state index contributed by atoms with van der Waals surface area (Å²) in [5, 5.41) is 13.6. The van der Waals surface area contributed by atoms with Crippen LogP contribution in [0.1, 0.15) is 22.8 Å². The molecule has 0 aliphatic heterocycles. The van der Waals surface area contributed by atoms with Crippen molar-refractivity contribution < 1.29 is 33.5 Å². The van der Waals surface area contributed by atoms with E-state index in [1.165, 1.54) is 40.4 Å². The Morgan fingerprint density at radius 3 is 2.23 bits per heavy atom. The first kappa shape index (κ1) is 22.5. The molecule has 0 saturated heterocycles. The lowest BCUT2D eigenvalue weighted by Crippen LogP contribution is -2.35. The normalized spacial score (nSPS) is 11.2. The van der Waals surface area contributed by atoms with Gasteiger partial charge in [0, 0.05) is 18.7 Å². The van der Waals surface area contributed by atoms with Gasteiger partial charge < -0.3 is 24.3 Å². The summed E-state index contributed by atoms with van der Waals surface area (Å²) in [7, 11) is 4.34. The van der Waals surface area contributed by atoms with Crippen LogP contribution in [0.5, 0.6) is 17.2 Å². The van der Waals surface area contributed by atoms with Gasteiger partial charge in [0.1, 0.15) is 11.3 Å². The van der Waals surface area contributed by atoms with Gasteiger partial charge in [-0.25, -0.2) is 4.79 Å². The number of carbonyl (C=O) groups excluding carboxylic acids is 2. The number of nitro groups is 1. The van der Waals surface area contributed by atoms with Crippen molar-refractivity contribution in [1.29, 1.82) is 0 Å². The van der Waals surface area contributed by atoms with Crippen molar-refractivity contribution in [2.45, 2.75) is 19.6 Å². The van der Waals surface area contributed by atoms with Gasteiger partial charge in [-0.15, -0.1) is 0 Å². The Bertz CT molecular complexity index is 944. The Kier molecular flexibility index (Phi) is 7.56. The number of esters is 1. The molecule has 10 nitrogen and oxygen atoms in total. The second-order valence-electron chi connectivity index (χ2n) is 6.10. The van der Waals surface area contributed by atoms with E-state index in [2.05, 4.69) is 5.32 Å². The number of carbonyl (C=O) groups is 2. The first-order valence-electron chi connectivity index (χ1n) is 8.82. The first-order chi connectivity index (χ1) is 14.3. The maximum absolute atomic E-state index is 12.4. The molecular weight excluding hydrogens is 396 g/mol. The maximum Gasteiger partial charge on any atom is 0.342 e. The summed E-state index contributed by atoms with van der Waals surface area (Å²) < 4.78 is 20.6. The number of rotatable bonds is 9. The zero-order valence-corrected chi connectivity index (χ0v) is 17.0. The average molecular weight is 418 g/mol. The van der Waals surface area contributed by atoms with Crippen LogP contribution in [0.25, 0.3) is 0 Å². The Balaban J connectivity index is 2.03. The largest absolute Gasteiger partial charge is 0.496 e. The Hall–Kier alpha value is -3.82. The zero-order valence-electron chi connectivity index (χ0n) is 17.0. The van der Waals surface area contributed by atoms with Crippen LogP contribution in [0.2, 0.25) is 0 Å². The number of nitrogens with zero attached hydrogens (tertiary/aromatic N) is 1. The standard InChI is InChI=1S/C20H22N2O8/c1-12(19(23)21-11-13-5-7-17(28-3)18(9-13)29-4)30-20(24)15-10-14(22(25)26)6-8-16(15)27-2/h5-10,12H,11H2,1-4H3,(H,21,23). The first-order valence-corrected chi connectivity index (χ1v) is 8.82. The third-order valence-electron chi connectivity index (χ3n) is 4.18. The number of hydrogen-bond acceptors (Lipinski definition) is 8. The lowest BCUT2D eigenvalue weighted by molar-refractivity contribution is -0.384. The van der Waals surface area contributed by atoms with Crippen LogP contribution in [0.3, 0.4) is 0 Å². The highest BCUT2D eigenvalue weighted by atomic mass is 16.6. The number of methoxy groups -OCH3 is 3. The van der Waals surface area contributed by atoms with E-state index >= 15 is 0 Å². The van der Waals surface area contributed by atoms with Crippen LogP contribution in [0.15, 0.2) is 36.4 Å². The van der Waals surface area contributed by atoms with Gasteiger partial charge in [-0.1, -0.05) is 6.07 Å². The van der Waals surface area contributed by atoms with E-state index < -0.39 is 22.9 Å². The Labute approximate surface area is 172 Å². The summed E-state index contributed by atoms with van der Waals surface area (Å²) in [5.74, 6) is -0.280. The molecule has 160 valence electrons. The molecule has 10 heteroatoms. The minimum absolute atomic E-state index is 0.100. The number of benzene rings is 2. The smallest absolute Gasteiger partial charge is 0.342 e. The zero-order chi connectivity index (χ0) is 22.3.